The molecule has 0 aliphatic carbocycles. The number of halogens is 1. The molecule has 130 valence electrons. The molecule has 23 heavy (non-hydrogen) atoms. The van der Waals surface area contributed by atoms with Crippen LogP contribution in [0.15, 0.2) is 29.3 Å². The zero-order valence-corrected chi connectivity index (χ0v) is 16.5. The highest BCUT2D eigenvalue weighted by molar-refractivity contribution is 14.0. The number of aliphatic imine (C=N–C) groups is 1. The number of likely N-dealkylation sites (N-methyl/N-ethyl adjacent to an activating group) is 1. The summed E-state index contributed by atoms with van der Waals surface area (Å²) < 4.78 is 5.72. The van der Waals surface area contributed by atoms with Crippen LogP contribution in [-0.2, 0) is 0 Å². The molecule has 5 nitrogen and oxygen atoms in total. The van der Waals surface area contributed by atoms with Gasteiger partial charge in [0.15, 0.2) is 5.96 Å². The third-order valence-corrected chi connectivity index (χ3v) is 4.14. The second-order valence-electron chi connectivity index (χ2n) is 5.69. The molecule has 0 amide bonds. The summed E-state index contributed by atoms with van der Waals surface area (Å²) in [5.41, 5.74) is 7.06. The minimum Gasteiger partial charge on any atom is -0.491 e. The summed E-state index contributed by atoms with van der Waals surface area (Å²) >= 11 is 0. The van der Waals surface area contributed by atoms with E-state index in [1.54, 1.807) is 0 Å². The summed E-state index contributed by atoms with van der Waals surface area (Å²) in [6, 6.07) is 8.56. The number of hydrogen-bond acceptors (Lipinski definition) is 3. The van der Waals surface area contributed by atoms with Gasteiger partial charge in [-0.3, -0.25) is 9.89 Å². The van der Waals surface area contributed by atoms with Crippen LogP contribution >= 0.6 is 24.0 Å². The average molecular weight is 432 g/mol. The van der Waals surface area contributed by atoms with Gasteiger partial charge in [-0.2, -0.15) is 0 Å². The fourth-order valence-electron chi connectivity index (χ4n) is 2.84. The van der Waals surface area contributed by atoms with E-state index in [1.807, 2.05) is 31.2 Å². The van der Waals surface area contributed by atoms with Gasteiger partial charge in [-0.1, -0.05) is 25.1 Å². The number of aryl methyl sites for hydroxylation is 1. The van der Waals surface area contributed by atoms with E-state index in [0.717, 1.165) is 24.4 Å². The Bertz CT molecular complexity index is 495. The summed E-state index contributed by atoms with van der Waals surface area (Å²) in [4.78, 5) is 6.92. The first-order valence-electron chi connectivity index (χ1n) is 8.17. The number of hydrogen-bond donors (Lipinski definition) is 2. The average Bonchev–Trinajstić information content (AvgIpc) is 2.98. The van der Waals surface area contributed by atoms with Gasteiger partial charge >= 0.3 is 0 Å². The molecule has 1 aliphatic rings. The molecular weight excluding hydrogens is 403 g/mol. The van der Waals surface area contributed by atoms with Crippen LogP contribution in [0.2, 0.25) is 0 Å². The molecule has 0 aromatic heterocycles. The van der Waals surface area contributed by atoms with Crippen molar-refractivity contribution in [3.63, 3.8) is 0 Å². The molecule has 1 unspecified atom stereocenters. The van der Waals surface area contributed by atoms with E-state index in [9.17, 15) is 0 Å². The van der Waals surface area contributed by atoms with Gasteiger partial charge in [-0.05, 0) is 44.5 Å². The third-order valence-electron chi connectivity index (χ3n) is 4.14. The molecule has 1 aliphatic heterocycles. The smallest absolute Gasteiger partial charge is 0.188 e. The number of nitrogens with zero attached hydrogens (tertiary/aromatic N) is 2. The lowest BCUT2D eigenvalue weighted by atomic mass is 10.2. The highest BCUT2D eigenvalue weighted by Gasteiger charge is 2.22. The van der Waals surface area contributed by atoms with E-state index in [1.165, 1.54) is 19.4 Å². The molecule has 1 aromatic rings. The van der Waals surface area contributed by atoms with Crippen molar-refractivity contribution in [1.82, 2.24) is 10.2 Å². The van der Waals surface area contributed by atoms with E-state index in [-0.39, 0.29) is 24.0 Å². The molecule has 6 heteroatoms. The molecular formula is C17H29IN4O. The van der Waals surface area contributed by atoms with Gasteiger partial charge in [0.1, 0.15) is 12.4 Å². The second-order valence-corrected chi connectivity index (χ2v) is 5.69. The number of rotatable bonds is 7. The van der Waals surface area contributed by atoms with Crippen LogP contribution in [0, 0.1) is 6.92 Å². The van der Waals surface area contributed by atoms with Crippen LogP contribution in [0.3, 0.4) is 0 Å². The van der Waals surface area contributed by atoms with Crippen molar-refractivity contribution in [2.45, 2.75) is 32.7 Å². The minimum absolute atomic E-state index is 0. The quantitative estimate of drug-likeness (QED) is 0.301. The van der Waals surface area contributed by atoms with Crippen LogP contribution in [0.4, 0.5) is 0 Å². The Hall–Kier alpha value is -1.02. The van der Waals surface area contributed by atoms with Crippen LogP contribution in [0.5, 0.6) is 5.75 Å². The van der Waals surface area contributed by atoms with Crippen molar-refractivity contribution in [2.24, 2.45) is 10.7 Å². The van der Waals surface area contributed by atoms with Gasteiger partial charge in [0, 0.05) is 6.04 Å². The van der Waals surface area contributed by atoms with Crippen LogP contribution in [0.25, 0.3) is 0 Å². The van der Waals surface area contributed by atoms with Crippen molar-refractivity contribution in [3.8, 4) is 5.75 Å². The fourth-order valence-corrected chi connectivity index (χ4v) is 2.84. The first-order valence-corrected chi connectivity index (χ1v) is 8.17. The van der Waals surface area contributed by atoms with Crippen molar-refractivity contribution < 1.29 is 4.74 Å². The number of para-hydroxylation sites is 1. The number of nitrogens with two attached hydrogens (primary N) is 1. The Morgan fingerprint density at radius 1 is 1.43 bits per heavy atom. The Balaban J connectivity index is 0.00000264. The SMILES string of the molecule is CCN1CCCC1CN=C(N)NCCOc1ccccc1C.I. The lowest BCUT2D eigenvalue weighted by Crippen LogP contribution is -2.37. The van der Waals surface area contributed by atoms with Gasteiger partial charge in [0.25, 0.3) is 0 Å². The van der Waals surface area contributed by atoms with E-state index in [2.05, 4.69) is 22.1 Å². The van der Waals surface area contributed by atoms with Crippen LogP contribution in [0.1, 0.15) is 25.3 Å². The summed E-state index contributed by atoms with van der Waals surface area (Å²) in [7, 11) is 0. The number of ether oxygens (including phenoxy) is 1. The van der Waals surface area contributed by atoms with Crippen LogP contribution < -0.4 is 15.8 Å². The van der Waals surface area contributed by atoms with Gasteiger partial charge < -0.3 is 15.8 Å². The lowest BCUT2D eigenvalue weighted by Gasteiger charge is -2.21. The summed E-state index contributed by atoms with van der Waals surface area (Å²) in [5.74, 6) is 1.43. The minimum atomic E-state index is 0. The maximum atomic E-state index is 5.91. The second kappa shape index (κ2) is 10.7. The largest absolute Gasteiger partial charge is 0.491 e. The molecule has 3 N–H and O–H groups in total. The zero-order chi connectivity index (χ0) is 15.8. The molecule has 1 heterocycles. The molecule has 1 atom stereocenters. The first-order chi connectivity index (χ1) is 10.7. The molecule has 0 radical (unpaired) electrons. The van der Waals surface area contributed by atoms with Gasteiger partial charge in [0.05, 0.1) is 13.1 Å². The Labute approximate surface area is 156 Å². The predicted octanol–water partition coefficient (Wildman–Crippen LogP) is 2.38. The molecule has 0 bridgehead atoms. The Morgan fingerprint density at radius 3 is 2.96 bits per heavy atom. The van der Waals surface area contributed by atoms with Gasteiger partial charge in [0.2, 0.25) is 0 Å². The van der Waals surface area contributed by atoms with Gasteiger partial charge in [-0.25, -0.2) is 0 Å². The predicted molar refractivity (Wildman–Crippen MR) is 107 cm³/mol. The van der Waals surface area contributed by atoms with E-state index >= 15 is 0 Å². The summed E-state index contributed by atoms with van der Waals surface area (Å²) in [6.07, 6.45) is 2.49. The van der Waals surface area contributed by atoms with Crippen molar-refractivity contribution in [3.05, 3.63) is 29.8 Å². The number of guanidine groups is 1. The maximum Gasteiger partial charge on any atom is 0.188 e. The molecule has 1 aromatic carbocycles. The molecule has 2 rings (SSSR count). The number of likely N-dealkylation sites (tertiary alicyclic amines) is 1. The highest BCUT2D eigenvalue weighted by atomic mass is 127. The van der Waals surface area contributed by atoms with Crippen molar-refractivity contribution >= 4 is 29.9 Å². The van der Waals surface area contributed by atoms with Crippen molar-refractivity contribution in [1.29, 1.82) is 0 Å². The number of nitrogens with one attached hydrogen (secondary N) is 1. The topological polar surface area (TPSA) is 62.9 Å². The molecule has 0 saturated carbocycles. The fraction of sp³-hybridized carbons (Fsp3) is 0.588. The number of benzene rings is 1. The van der Waals surface area contributed by atoms with Crippen LogP contribution in [-0.4, -0.2) is 49.7 Å². The monoisotopic (exact) mass is 432 g/mol. The normalized spacial score (nSPS) is 18.5. The molecule has 1 saturated heterocycles. The molecule has 1 fully saturated rings. The van der Waals surface area contributed by atoms with E-state index in [4.69, 9.17) is 10.5 Å². The van der Waals surface area contributed by atoms with Gasteiger partial charge in [-0.15, -0.1) is 24.0 Å². The Morgan fingerprint density at radius 2 is 2.22 bits per heavy atom. The standard InChI is InChI=1S/C17H28N4O.HI/c1-3-21-11-6-8-15(21)13-20-17(18)19-10-12-22-16-9-5-4-7-14(16)2;/h4-5,7,9,15H,3,6,8,10-13H2,1-2H3,(H3,18,19,20);1H. The first kappa shape index (κ1) is 20.0. The maximum absolute atomic E-state index is 5.91. The van der Waals surface area contributed by atoms with E-state index < -0.39 is 0 Å². The lowest BCUT2D eigenvalue weighted by molar-refractivity contribution is 0.273. The summed E-state index contributed by atoms with van der Waals surface area (Å²) in [6.45, 7) is 8.54. The summed E-state index contributed by atoms with van der Waals surface area (Å²) in [5, 5.41) is 3.11. The van der Waals surface area contributed by atoms with Crippen molar-refractivity contribution in [2.75, 3.05) is 32.8 Å². The van der Waals surface area contributed by atoms with E-state index in [0.29, 0.717) is 25.2 Å². The Kier molecular flexibility index (Phi) is 9.31. The zero-order valence-electron chi connectivity index (χ0n) is 14.1. The third kappa shape index (κ3) is 6.55. The molecule has 0 spiro atoms. The highest BCUT2D eigenvalue weighted by Crippen LogP contribution is 2.16.